The third kappa shape index (κ3) is 11.3. The van der Waals surface area contributed by atoms with E-state index in [2.05, 4.69) is 11.9 Å². The van der Waals surface area contributed by atoms with E-state index in [-0.39, 0.29) is 0 Å². The van der Waals surface area contributed by atoms with E-state index in [4.69, 9.17) is 0 Å². The Morgan fingerprint density at radius 1 is 1.21 bits per heavy atom. The lowest BCUT2D eigenvalue weighted by Gasteiger charge is -1.97. The molecule has 0 N–H and O–H groups in total. The predicted molar refractivity (Wildman–Crippen MR) is 62.0 cm³/mol. The fraction of sp³-hybridized carbons (Fsp3) is 0.833. The maximum atomic E-state index is 10.6. The van der Waals surface area contributed by atoms with Crippen molar-refractivity contribution < 1.29 is 4.79 Å². The van der Waals surface area contributed by atoms with Crippen molar-refractivity contribution in [1.82, 2.24) is 0 Å². The summed E-state index contributed by atoms with van der Waals surface area (Å²) in [5, 5.41) is 0. The van der Waals surface area contributed by atoms with Crippen molar-refractivity contribution in [2.75, 3.05) is 6.54 Å². The van der Waals surface area contributed by atoms with Gasteiger partial charge in [0.05, 0.1) is 0 Å². The van der Waals surface area contributed by atoms with Crippen LogP contribution in [0.1, 0.15) is 58.8 Å². The zero-order chi connectivity index (χ0) is 10.6. The SMILES string of the molecule is CCC/C=N/CCCCCCC(C)=O. The topological polar surface area (TPSA) is 29.4 Å². The van der Waals surface area contributed by atoms with E-state index in [0.29, 0.717) is 5.78 Å². The molecule has 0 aromatic rings. The van der Waals surface area contributed by atoms with Gasteiger partial charge in [0, 0.05) is 13.0 Å². The molecule has 0 aromatic carbocycles. The quantitative estimate of drug-likeness (QED) is 0.411. The van der Waals surface area contributed by atoms with E-state index in [1.807, 2.05) is 6.21 Å². The van der Waals surface area contributed by atoms with Gasteiger partial charge in [0.1, 0.15) is 5.78 Å². The molecule has 0 radical (unpaired) electrons. The van der Waals surface area contributed by atoms with Crippen molar-refractivity contribution in [1.29, 1.82) is 0 Å². The molecular weight excluding hydrogens is 174 g/mol. The molecule has 0 atom stereocenters. The molecule has 0 aliphatic heterocycles. The zero-order valence-electron chi connectivity index (χ0n) is 9.59. The third-order valence-electron chi connectivity index (χ3n) is 2.11. The van der Waals surface area contributed by atoms with Crippen LogP contribution in [0.4, 0.5) is 0 Å². The maximum Gasteiger partial charge on any atom is 0.129 e. The van der Waals surface area contributed by atoms with Gasteiger partial charge in [-0.1, -0.05) is 26.2 Å². The minimum Gasteiger partial charge on any atom is -0.300 e. The molecule has 0 heterocycles. The van der Waals surface area contributed by atoms with Crippen LogP contribution < -0.4 is 0 Å². The van der Waals surface area contributed by atoms with E-state index in [0.717, 1.165) is 32.2 Å². The van der Waals surface area contributed by atoms with Crippen LogP contribution in [0.5, 0.6) is 0 Å². The van der Waals surface area contributed by atoms with Crippen molar-refractivity contribution in [3.8, 4) is 0 Å². The van der Waals surface area contributed by atoms with Gasteiger partial charge in [0.2, 0.25) is 0 Å². The Kier molecular flexibility index (Phi) is 9.93. The average Bonchev–Trinajstić information content (AvgIpc) is 2.15. The number of nitrogens with zero attached hydrogens (tertiary/aromatic N) is 1. The van der Waals surface area contributed by atoms with Crippen LogP contribution in [0.2, 0.25) is 0 Å². The van der Waals surface area contributed by atoms with Crippen molar-refractivity contribution in [2.24, 2.45) is 4.99 Å². The summed E-state index contributed by atoms with van der Waals surface area (Å²) >= 11 is 0. The second kappa shape index (κ2) is 10.4. The number of carbonyl (C=O) groups excluding carboxylic acids is 1. The highest BCUT2D eigenvalue weighted by Crippen LogP contribution is 2.03. The fourth-order valence-electron chi connectivity index (χ4n) is 1.24. The molecule has 0 unspecified atom stereocenters. The molecule has 0 aliphatic carbocycles. The van der Waals surface area contributed by atoms with Gasteiger partial charge >= 0.3 is 0 Å². The number of aliphatic imine (C=N–C) groups is 1. The second-order valence-electron chi connectivity index (χ2n) is 3.74. The molecule has 14 heavy (non-hydrogen) atoms. The largest absolute Gasteiger partial charge is 0.300 e. The Bertz CT molecular complexity index is 164. The minimum absolute atomic E-state index is 0.311. The predicted octanol–water partition coefficient (Wildman–Crippen LogP) is 3.40. The number of hydrogen-bond acceptors (Lipinski definition) is 2. The molecule has 0 amide bonds. The van der Waals surface area contributed by atoms with E-state index in [1.54, 1.807) is 6.92 Å². The van der Waals surface area contributed by atoms with Gasteiger partial charge in [-0.3, -0.25) is 4.99 Å². The summed E-state index contributed by atoms with van der Waals surface area (Å²) in [5.74, 6) is 0.311. The smallest absolute Gasteiger partial charge is 0.129 e. The molecule has 0 bridgehead atoms. The molecule has 0 saturated heterocycles. The summed E-state index contributed by atoms with van der Waals surface area (Å²) in [5.41, 5.74) is 0. The Labute approximate surface area is 87.8 Å². The molecule has 0 fully saturated rings. The van der Waals surface area contributed by atoms with Gasteiger partial charge in [-0.05, 0) is 32.4 Å². The highest BCUT2D eigenvalue weighted by molar-refractivity contribution is 5.75. The minimum atomic E-state index is 0.311. The Morgan fingerprint density at radius 2 is 1.93 bits per heavy atom. The normalized spacial score (nSPS) is 11.0. The van der Waals surface area contributed by atoms with Crippen LogP contribution in [0, 0.1) is 0 Å². The number of rotatable bonds is 9. The van der Waals surface area contributed by atoms with E-state index in [9.17, 15) is 4.79 Å². The van der Waals surface area contributed by atoms with Gasteiger partial charge in [0.15, 0.2) is 0 Å². The first kappa shape index (κ1) is 13.3. The maximum absolute atomic E-state index is 10.6. The molecule has 2 heteroatoms. The van der Waals surface area contributed by atoms with Crippen LogP contribution >= 0.6 is 0 Å². The average molecular weight is 197 g/mol. The van der Waals surface area contributed by atoms with E-state index in [1.165, 1.54) is 19.3 Å². The summed E-state index contributed by atoms with van der Waals surface area (Å²) in [4.78, 5) is 14.9. The molecule has 2 nitrogen and oxygen atoms in total. The lowest BCUT2D eigenvalue weighted by Crippen LogP contribution is -1.90. The molecule has 0 rings (SSSR count). The fourth-order valence-corrected chi connectivity index (χ4v) is 1.24. The third-order valence-corrected chi connectivity index (χ3v) is 2.11. The van der Waals surface area contributed by atoms with Gasteiger partial charge in [0.25, 0.3) is 0 Å². The first-order valence-electron chi connectivity index (χ1n) is 5.75. The molecule has 0 aromatic heterocycles. The number of unbranched alkanes of at least 4 members (excludes halogenated alkanes) is 4. The molecule has 0 aliphatic rings. The summed E-state index contributed by atoms with van der Waals surface area (Å²) in [6.45, 7) is 4.78. The standard InChI is InChI=1S/C12H23NO/c1-3-4-10-13-11-8-6-5-7-9-12(2)14/h10H,3-9,11H2,1-2H3/b13-10+. The zero-order valence-corrected chi connectivity index (χ0v) is 9.59. The van der Waals surface area contributed by atoms with Crippen molar-refractivity contribution in [3.63, 3.8) is 0 Å². The first-order valence-corrected chi connectivity index (χ1v) is 5.75. The van der Waals surface area contributed by atoms with Crippen molar-refractivity contribution in [3.05, 3.63) is 0 Å². The van der Waals surface area contributed by atoms with Gasteiger partial charge in [-0.2, -0.15) is 0 Å². The van der Waals surface area contributed by atoms with Crippen LogP contribution in [0.15, 0.2) is 4.99 Å². The monoisotopic (exact) mass is 197 g/mol. The molecule has 0 spiro atoms. The van der Waals surface area contributed by atoms with Crippen molar-refractivity contribution in [2.45, 2.75) is 58.8 Å². The Balaban J connectivity index is 3.02. The van der Waals surface area contributed by atoms with Gasteiger partial charge < -0.3 is 4.79 Å². The molecular formula is C12H23NO. The Hall–Kier alpha value is -0.660. The number of carbonyl (C=O) groups is 1. The van der Waals surface area contributed by atoms with Crippen LogP contribution in [-0.2, 0) is 4.79 Å². The summed E-state index contributed by atoms with van der Waals surface area (Å²) in [6.07, 6.45) is 9.65. The molecule has 82 valence electrons. The highest BCUT2D eigenvalue weighted by Gasteiger charge is 1.93. The second-order valence-corrected chi connectivity index (χ2v) is 3.74. The molecule has 0 saturated carbocycles. The summed E-state index contributed by atoms with van der Waals surface area (Å²) < 4.78 is 0. The first-order chi connectivity index (χ1) is 6.77. The number of ketones is 1. The highest BCUT2D eigenvalue weighted by atomic mass is 16.1. The number of Topliss-reactive ketones (excluding diaryl/α,β-unsaturated/α-hetero) is 1. The van der Waals surface area contributed by atoms with Crippen LogP contribution in [-0.4, -0.2) is 18.5 Å². The Morgan fingerprint density at radius 3 is 2.57 bits per heavy atom. The van der Waals surface area contributed by atoms with Crippen LogP contribution in [0.25, 0.3) is 0 Å². The lowest BCUT2D eigenvalue weighted by atomic mass is 10.1. The number of hydrogen-bond donors (Lipinski definition) is 0. The van der Waals surface area contributed by atoms with Gasteiger partial charge in [-0.25, -0.2) is 0 Å². The van der Waals surface area contributed by atoms with E-state index >= 15 is 0 Å². The summed E-state index contributed by atoms with van der Waals surface area (Å²) in [6, 6.07) is 0. The van der Waals surface area contributed by atoms with Crippen molar-refractivity contribution >= 4 is 12.0 Å². The van der Waals surface area contributed by atoms with E-state index < -0.39 is 0 Å². The van der Waals surface area contributed by atoms with Crippen LogP contribution in [0.3, 0.4) is 0 Å². The summed E-state index contributed by atoms with van der Waals surface area (Å²) in [7, 11) is 0. The lowest BCUT2D eigenvalue weighted by molar-refractivity contribution is -0.117. The van der Waals surface area contributed by atoms with Gasteiger partial charge in [-0.15, -0.1) is 0 Å².